The predicted octanol–water partition coefficient (Wildman–Crippen LogP) is 0.655. The Morgan fingerprint density at radius 1 is 1.53 bits per heavy atom. The van der Waals surface area contributed by atoms with Gasteiger partial charge in [-0.2, -0.15) is 0 Å². The number of para-hydroxylation sites is 2. The topological polar surface area (TPSA) is 82.0 Å². The molecule has 19 heavy (non-hydrogen) atoms. The van der Waals surface area contributed by atoms with Gasteiger partial charge in [-0.25, -0.2) is 4.79 Å². The van der Waals surface area contributed by atoms with Crippen LogP contribution in [-0.2, 0) is 0 Å². The van der Waals surface area contributed by atoms with Crippen molar-refractivity contribution in [2.24, 2.45) is 0 Å². The monoisotopic (exact) mass is 266 g/mol. The number of amides is 2. The van der Waals surface area contributed by atoms with E-state index in [4.69, 9.17) is 4.74 Å². The van der Waals surface area contributed by atoms with Gasteiger partial charge >= 0.3 is 6.03 Å². The normalized spacial score (nSPS) is 22.4. The highest BCUT2D eigenvalue weighted by Crippen LogP contribution is 2.25. The summed E-state index contributed by atoms with van der Waals surface area (Å²) in [5.74, 6) is 0.566. The summed E-state index contributed by atoms with van der Waals surface area (Å²) in [7, 11) is 1.53. The average molecular weight is 266 g/mol. The first-order valence-corrected chi connectivity index (χ1v) is 6.15. The number of rotatable bonds is 3. The Balaban J connectivity index is 2.08. The molecule has 1 saturated heterocycles. The lowest BCUT2D eigenvalue weighted by Crippen LogP contribution is -2.40. The summed E-state index contributed by atoms with van der Waals surface area (Å²) >= 11 is 0. The zero-order chi connectivity index (χ0) is 13.8. The number of ether oxygens (including phenoxy) is 1. The van der Waals surface area contributed by atoms with E-state index in [2.05, 4.69) is 5.32 Å². The average Bonchev–Trinajstić information content (AvgIpc) is 2.80. The van der Waals surface area contributed by atoms with Crippen LogP contribution < -0.4 is 10.1 Å². The minimum absolute atomic E-state index is 0.156. The van der Waals surface area contributed by atoms with Crippen molar-refractivity contribution in [1.29, 1.82) is 0 Å². The Labute approximate surface area is 111 Å². The van der Waals surface area contributed by atoms with Crippen LogP contribution in [-0.4, -0.2) is 53.6 Å². The Hall–Kier alpha value is -1.79. The lowest BCUT2D eigenvalue weighted by Gasteiger charge is -2.23. The number of carbonyl (C=O) groups excluding carboxylic acids is 1. The maximum absolute atomic E-state index is 12.1. The Morgan fingerprint density at radius 3 is 2.95 bits per heavy atom. The van der Waals surface area contributed by atoms with Crippen molar-refractivity contribution in [3.63, 3.8) is 0 Å². The van der Waals surface area contributed by atoms with Crippen LogP contribution >= 0.6 is 0 Å². The number of β-amino-alcohol motifs (C(OH)–C–C–N with tert-alkyl or cyclic N) is 1. The summed E-state index contributed by atoms with van der Waals surface area (Å²) in [6.45, 7) is 0.0720. The fraction of sp³-hybridized carbons (Fsp3) is 0.462. The summed E-state index contributed by atoms with van der Waals surface area (Å²) in [4.78, 5) is 13.6. The zero-order valence-corrected chi connectivity index (χ0v) is 10.7. The summed E-state index contributed by atoms with van der Waals surface area (Å²) in [6.07, 6.45) is -0.184. The van der Waals surface area contributed by atoms with Crippen molar-refractivity contribution in [3.05, 3.63) is 24.3 Å². The van der Waals surface area contributed by atoms with Gasteiger partial charge in [0.2, 0.25) is 0 Å². The van der Waals surface area contributed by atoms with Gasteiger partial charge in [0.1, 0.15) is 5.75 Å². The van der Waals surface area contributed by atoms with Gasteiger partial charge in [-0.1, -0.05) is 12.1 Å². The SMILES string of the molecule is COc1ccccc1NC(=O)N1C[C@@H](O)C[C@H]1CO. The number of aliphatic hydroxyl groups is 2. The van der Waals surface area contributed by atoms with E-state index < -0.39 is 6.10 Å². The third-order valence-corrected chi connectivity index (χ3v) is 3.21. The second kappa shape index (κ2) is 5.90. The van der Waals surface area contributed by atoms with Crippen molar-refractivity contribution >= 4 is 11.7 Å². The number of anilines is 1. The zero-order valence-electron chi connectivity index (χ0n) is 10.7. The van der Waals surface area contributed by atoms with Crippen LogP contribution in [0.15, 0.2) is 24.3 Å². The van der Waals surface area contributed by atoms with E-state index in [0.717, 1.165) is 0 Å². The van der Waals surface area contributed by atoms with Crippen molar-refractivity contribution in [3.8, 4) is 5.75 Å². The molecule has 0 bridgehead atoms. The molecule has 0 radical (unpaired) electrons. The van der Waals surface area contributed by atoms with E-state index in [1.54, 1.807) is 18.2 Å². The molecular weight excluding hydrogens is 248 g/mol. The van der Waals surface area contributed by atoms with E-state index in [1.807, 2.05) is 6.07 Å². The molecule has 1 aromatic rings. The number of carbonyl (C=O) groups is 1. The molecule has 0 spiro atoms. The van der Waals surface area contributed by atoms with Crippen LogP contribution in [0.25, 0.3) is 0 Å². The highest BCUT2D eigenvalue weighted by molar-refractivity contribution is 5.91. The molecule has 0 aliphatic carbocycles. The molecule has 1 aliphatic heterocycles. The van der Waals surface area contributed by atoms with Crippen LogP contribution in [0.1, 0.15) is 6.42 Å². The van der Waals surface area contributed by atoms with Crippen molar-refractivity contribution in [2.45, 2.75) is 18.6 Å². The fourth-order valence-electron chi connectivity index (χ4n) is 2.25. The lowest BCUT2D eigenvalue weighted by atomic mass is 10.2. The number of hydrogen-bond acceptors (Lipinski definition) is 4. The predicted molar refractivity (Wildman–Crippen MR) is 70.2 cm³/mol. The van der Waals surface area contributed by atoms with Crippen LogP contribution in [0.5, 0.6) is 5.75 Å². The molecule has 6 heteroatoms. The number of aliphatic hydroxyl groups excluding tert-OH is 2. The van der Waals surface area contributed by atoms with Crippen LogP contribution in [0.4, 0.5) is 10.5 Å². The van der Waals surface area contributed by atoms with Crippen molar-refractivity contribution in [2.75, 3.05) is 25.6 Å². The van der Waals surface area contributed by atoms with E-state index >= 15 is 0 Å². The van der Waals surface area contributed by atoms with Crippen molar-refractivity contribution in [1.82, 2.24) is 4.90 Å². The number of likely N-dealkylation sites (tertiary alicyclic amines) is 1. The van der Waals surface area contributed by atoms with Crippen molar-refractivity contribution < 1.29 is 19.7 Å². The number of methoxy groups -OCH3 is 1. The maximum atomic E-state index is 12.1. The Morgan fingerprint density at radius 2 is 2.26 bits per heavy atom. The summed E-state index contributed by atoms with van der Waals surface area (Å²) < 4.78 is 5.15. The Bertz CT molecular complexity index is 452. The third-order valence-electron chi connectivity index (χ3n) is 3.21. The summed E-state index contributed by atoms with van der Waals surface area (Å²) in [5, 5.41) is 21.5. The van der Waals surface area contributed by atoms with Gasteiger partial charge in [-0.3, -0.25) is 0 Å². The number of hydrogen-bond donors (Lipinski definition) is 3. The van der Waals surface area contributed by atoms with Crippen LogP contribution in [0.3, 0.4) is 0 Å². The minimum atomic E-state index is -0.583. The molecule has 6 nitrogen and oxygen atoms in total. The van der Waals surface area contributed by atoms with Gasteiger partial charge < -0.3 is 25.2 Å². The summed E-state index contributed by atoms with van der Waals surface area (Å²) in [5.41, 5.74) is 0.563. The van der Waals surface area contributed by atoms with Gasteiger partial charge in [0.05, 0.1) is 31.5 Å². The number of nitrogens with one attached hydrogen (secondary N) is 1. The molecule has 104 valence electrons. The fourth-order valence-corrected chi connectivity index (χ4v) is 2.25. The van der Waals surface area contributed by atoms with Gasteiger partial charge in [0.15, 0.2) is 0 Å². The minimum Gasteiger partial charge on any atom is -0.495 e. The molecule has 1 heterocycles. The molecule has 3 N–H and O–H groups in total. The molecule has 1 fully saturated rings. The smallest absolute Gasteiger partial charge is 0.322 e. The van der Waals surface area contributed by atoms with Gasteiger partial charge in [-0.05, 0) is 18.6 Å². The van der Waals surface area contributed by atoms with Gasteiger partial charge in [0.25, 0.3) is 0 Å². The molecule has 2 rings (SSSR count). The van der Waals surface area contributed by atoms with E-state index in [-0.39, 0.29) is 25.2 Å². The first-order valence-electron chi connectivity index (χ1n) is 6.15. The molecular formula is C13H18N2O4. The number of urea groups is 1. The molecule has 0 aromatic heterocycles. The maximum Gasteiger partial charge on any atom is 0.322 e. The van der Waals surface area contributed by atoms with Gasteiger partial charge in [-0.15, -0.1) is 0 Å². The third kappa shape index (κ3) is 2.97. The molecule has 0 saturated carbocycles. The van der Waals surface area contributed by atoms with E-state index in [0.29, 0.717) is 17.9 Å². The first-order chi connectivity index (χ1) is 9.15. The standard InChI is InChI=1S/C13H18N2O4/c1-19-12-5-3-2-4-11(12)14-13(18)15-7-10(17)6-9(15)8-16/h2-5,9-10,16-17H,6-8H2,1H3,(H,14,18)/t9-,10-/m0/s1. The highest BCUT2D eigenvalue weighted by atomic mass is 16.5. The molecule has 1 aromatic carbocycles. The molecule has 0 unspecified atom stereocenters. The van der Waals surface area contributed by atoms with Crippen LogP contribution in [0, 0.1) is 0 Å². The van der Waals surface area contributed by atoms with E-state index in [1.165, 1.54) is 12.0 Å². The van der Waals surface area contributed by atoms with Gasteiger partial charge in [0, 0.05) is 6.54 Å². The quantitative estimate of drug-likeness (QED) is 0.750. The Kier molecular flexibility index (Phi) is 4.24. The largest absolute Gasteiger partial charge is 0.495 e. The van der Waals surface area contributed by atoms with E-state index in [9.17, 15) is 15.0 Å². The lowest BCUT2D eigenvalue weighted by molar-refractivity contribution is 0.164. The molecule has 2 atom stereocenters. The summed E-state index contributed by atoms with van der Waals surface area (Å²) in [6, 6.07) is 6.39. The second-order valence-electron chi connectivity index (χ2n) is 4.51. The highest BCUT2D eigenvalue weighted by Gasteiger charge is 2.34. The number of nitrogens with zero attached hydrogens (tertiary/aromatic N) is 1. The van der Waals surface area contributed by atoms with Crippen LogP contribution in [0.2, 0.25) is 0 Å². The number of benzene rings is 1. The molecule has 1 aliphatic rings. The molecule has 2 amide bonds. The first kappa shape index (κ1) is 13.6. The second-order valence-corrected chi connectivity index (χ2v) is 4.51.